The third kappa shape index (κ3) is 2.11. The van der Waals surface area contributed by atoms with Crippen LogP contribution in [-0.4, -0.2) is 18.4 Å². The minimum atomic E-state index is 0.218. The van der Waals surface area contributed by atoms with Crippen LogP contribution in [0.1, 0.15) is 20.3 Å². The van der Waals surface area contributed by atoms with Gasteiger partial charge >= 0.3 is 0 Å². The lowest BCUT2D eigenvalue weighted by atomic mass is 10.3. The number of aliphatic imine (C=N–C) groups is 1. The predicted molar refractivity (Wildman–Crippen MR) is 38.3 cm³/mol. The molecule has 1 aliphatic rings. The molecule has 3 nitrogen and oxygen atoms in total. The Hall–Kier alpha value is -0.410. The zero-order valence-electron chi connectivity index (χ0n) is 5.89. The molecule has 0 radical (unpaired) electrons. The van der Waals surface area contributed by atoms with Crippen LogP contribution in [0.3, 0.4) is 0 Å². The zero-order chi connectivity index (χ0) is 6.69. The summed E-state index contributed by atoms with van der Waals surface area (Å²) in [6.07, 6.45) is 3.19. The van der Waals surface area contributed by atoms with E-state index in [2.05, 4.69) is 22.8 Å². The molecule has 0 saturated heterocycles. The van der Waals surface area contributed by atoms with Crippen LogP contribution in [0.5, 0.6) is 0 Å². The van der Waals surface area contributed by atoms with Crippen molar-refractivity contribution in [3.8, 4) is 0 Å². The Morgan fingerprint density at radius 2 is 2.22 bits per heavy atom. The smallest absolute Gasteiger partial charge is 0.108 e. The average Bonchev–Trinajstić information content (AvgIpc) is 1.97. The van der Waals surface area contributed by atoms with Crippen LogP contribution in [0.25, 0.3) is 0 Å². The lowest BCUT2D eigenvalue weighted by molar-refractivity contribution is 0.425. The molecule has 0 aromatic carbocycles. The van der Waals surface area contributed by atoms with Gasteiger partial charge in [0, 0.05) is 12.3 Å². The Bertz CT molecular complexity index is 111. The summed E-state index contributed by atoms with van der Waals surface area (Å²) in [5.74, 6) is 0. The minimum absolute atomic E-state index is 0.218. The maximum atomic E-state index is 4.18. The van der Waals surface area contributed by atoms with Crippen molar-refractivity contribution >= 4 is 6.21 Å². The quantitative estimate of drug-likeness (QED) is 0.490. The van der Waals surface area contributed by atoms with Gasteiger partial charge in [0.05, 0.1) is 0 Å². The topological polar surface area (TPSA) is 36.4 Å². The summed E-state index contributed by atoms with van der Waals surface area (Å²) in [7, 11) is 0. The number of hydrazine groups is 1. The molecule has 2 unspecified atom stereocenters. The van der Waals surface area contributed by atoms with Crippen molar-refractivity contribution in [2.75, 3.05) is 0 Å². The van der Waals surface area contributed by atoms with Gasteiger partial charge in [-0.25, -0.2) is 5.43 Å². The van der Waals surface area contributed by atoms with Crippen LogP contribution in [-0.2, 0) is 0 Å². The molecule has 9 heavy (non-hydrogen) atoms. The Morgan fingerprint density at radius 1 is 1.44 bits per heavy atom. The van der Waals surface area contributed by atoms with Gasteiger partial charge in [-0.15, -0.1) is 0 Å². The number of rotatable bonds is 0. The summed E-state index contributed by atoms with van der Waals surface area (Å²) in [6.45, 7) is 4.14. The summed E-state index contributed by atoms with van der Waals surface area (Å²) >= 11 is 0. The molecule has 0 amide bonds. The monoisotopic (exact) mass is 127 g/mol. The van der Waals surface area contributed by atoms with Crippen LogP contribution >= 0.6 is 0 Å². The van der Waals surface area contributed by atoms with E-state index in [1.54, 1.807) is 0 Å². The highest BCUT2D eigenvalue weighted by Gasteiger charge is 2.04. The molecular formula is C6H13N3. The molecule has 0 aliphatic carbocycles. The maximum absolute atomic E-state index is 4.18. The highest BCUT2D eigenvalue weighted by Crippen LogP contribution is 1.92. The van der Waals surface area contributed by atoms with Crippen LogP contribution in [0.2, 0.25) is 0 Å². The molecule has 1 heterocycles. The van der Waals surface area contributed by atoms with Gasteiger partial charge in [-0.05, 0) is 20.3 Å². The Kier molecular flexibility index (Phi) is 2.19. The molecule has 0 saturated carbocycles. The normalized spacial score (nSPS) is 36.2. The second kappa shape index (κ2) is 2.94. The zero-order valence-corrected chi connectivity index (χ0v) is 5.89. The molecule has 0 spiro atoms. The second-order valence-electron chi connectivity index (χ2n) is 2.43. The lowest BCUT2D eigenvalue weighted by Gasteiger charge is -2.10. The fraction of sp³-hybridized carbons (Fsp3) is 0.833. The first-order chi connectivity index (χ1) is 4.29. The molecule has 2 N–H and O–H groups in total. The van der Waals surface area contributed by atoms with Gasteiger partial charge in [0.15, 0.2) is 0 Å². The summed E-state index contributed by atoms with van der Waals surface area (Å²) in [5, 5.41) is 0. The first-order valence-corrected chi connectivity index (χ1v) is 3.31. The SMILES string of the molecule is CC1CC=NC(C)NN1. The van der Waals surface area contributed by atoms with Gasteiger partial charge in [0.25, 0.3) is 0 Å². The molecule has 0 fully saturated rings. The fourth-order valence-corrected chi connectivity index (χ4v) is 0.736. The summed E-state index contributed by atoms with van der Waals surface area (Å²) in [5.41, 5.74) is 6.17. The van der Waals surface area contributed by atoms with Gasteiger partial charge in [-0.3, -0.25) is 10.4 Å². The van der Waals surface area contributed by atoms with Crippen molar-refractivity contribution in [2.45, 2.75) is 32.5 Å². The highest BCUT2D eigenvalue weighted by atomic mass is 15.4. The third-order valence-electron chi connectivity index (χ3n) is 1.33. The molecule has 3 heteroatoms. The van der Waals surface area contributed by atoms with Gasteiger partial charge < -0.3 is 0 Å². The van der Waals surface area contributed by atoms with Crippen molar-refractivity contribution in [2.24, 2.45) is 4.99 Å². The number of nitrogens with zero attached hydrogens (tertiary/aromatic N) is 1. The summed E-state index contributed by atoms with van der Waals surface area (Å²) < 4.78 is 0. The molecule has 1 aliphatic heterocycles. The molecule has 2 atom stereocenters. The van der Waals surface area contributed by atoms with E-state index in [4.69, 9.17) is 0 Å². The van der Waals surface area contributed by atoms with Crippen molar-refractivity contribution < 1.29 is 0 Å². The Balaban J connectivity index is 2.39. The molecule has 0 aromatic heterocycles. The van der Waals surface area contributed by atoms with Crippen LogP contribution in [0.4, 0.5) is 0 Å². The van der Waals surface area contributed by atoms with Crippen LogP contribution in [0, 0.1) is 0 Å². The Morgan fingerprint density at radius 3 is 3.00 bits per heavy atom. The first-order valence-electron chi connectivity index (χ1n) is 3.31. The predicted octanol–water partition coefficient (Wildman–Crippen LogP) is 0.290. The van der Waals surface area contributed by atoms with Crippen molar-refractivity contribution in [3.05, 3.63) is 0 Å². The van der Waals surface area contributed by atoms with Crippen molar-refractivity contribution in [1.29, 1.82) is 0 Å². The standard InChI is InChI=1S/C6H13N3/c1-5-3-4-7-6(2)9-8-5/h4-6,8-9H,3H2,1-2H3. The number of nitrogens with one attached hydrogen (secondary N) is 2. The van der Waals surface area contributed by atoms with Gasteiger partial charge in [-0.2, -0.15) is 0 Å². The number of hydrogen-bond acceptors (Lipinski definition) is 3. The summed E-state index contributed by atoms with van der Waals surface area (Å²) in [6, 6.07) is 0.499. The highest BCUT2D eigenvalue weighted by molar-refractivity contribution is 5.58. The molecular weight excluding hydrogens is 114 g/mol. The van der Waals surface area contributed by atoms with E-state index in [-0.39, 0.29) is 6.17 Å². The van der Waals surface area contributed by atoms with Crippen LogP contribution in [0.15, 0.2) is 4.99 Å². The van der Waals surface area contributed by atoms with Crippen molar-refractivity contribution in [3.63, 3.8) is 0 Å². The third-order valence-corrected chi connectivity index (χ3v) is 1.33. The molecule has 1 rings (SSSR count). The van der Waals surface area contributed by atoms with Gasteiger partial charge in [-0.1, -0.05) is 0 Å². The largest absolute Gasteiger partial charge is 0.278 e. The average molecular weight is 127 g/mol. The van der Waals surface area contributed by atoms with E-state index in [1.165, 1.54) is 0 Å². The van der Waals surface area contributed by atoms with E-state index in [9.17, 15) is 0 Å². The fourth-order valence-electron chi connectivity index (χ4n) is 0.736. The van der Waals surface area contributed by atoms with E-state index < -0.39 is 0 Å². The van der Waals surface area contributed by atoms with E-state index in [0.29, 0.717) is 6.04 Å². The van der Waals surface area contributed by atoms with Gasteiger partial charge in [0.1, 0.15) is 6.17 Å². The Labute approximate surface area is 55.5 Å². The van der Waals surface area contributed by atoms with Crippen LogP contribution < -0.4 is 10.9 Å². The summed E-state index contributed by atoms with van der Waals surface area (Å²) in [4.78, 5) is 4.18. The number of hydrogen-bond donors (Lipinski definition) is 2. The van der Waals surface area contributed by atoms with E-state index >= 15 is 0 Å². The van der Waals surface area contributed by atoms with E-state index in [0.717, 1.165) is 6.42 Å². The molecule has 52 valence electrons. The molecule has 0 bridgehead atoms. The van der Waals surface area contributed by atoms with Gasteiger partial charge in [0.2, 0.25) is 0 Å². The minimum Gasteiger partial charge on any atom is -0.278 e. The first kappa shape index (κ1) is 6.71. The maximum Gasteiger partial charge on any atom is 0.108 e. The second-order valence-corrected chi connectivity index (χ2v) is 2.43. The molecule has 0 aromatic rings. The van der Waals surface area contributed by atoms with Crippen molar-refractivity contribution in [1.82, 2.24) is 10.9 Å². The lowest BCUT2D eigenvalue weighted by Crippen LogP contribution is -2.41. The van der Waals surface area contributed by atoms with E-state index in [1.807, 2.05) is 13.1 Å².